The van der Waals surface area contributed by atoms with Crippen molar-refractivity contribution in [3.05, 3.63) is 57.9 Å². The van der Waals surface area contributed by atoms with Gasteiger partial charge in [-0.1, -0.05) is 18.2 Å². The number of rotatable bonds is 2. The fourth-order valence-corrected chi connectivity index (χ4v) is 1.47. The molecule has 0 saturated heterocycles. The molecule has 16 heavy (non-hydrogen) atoms. The molecule has 0 radical (unpaired) electrons. The number of hydrogen-bond acceptors (Lipinski definition) is 3. The molecule has 4 heteroatoms. The minimum absolute atomic E-state index is 0.121. The Balaban J connectivity index is 2.47. The number of allylic oxidation sites excluding steroid dienone is 1. The zero-order chi connectivity index (χ0) is 11.5. The molecule has 0 amide bonds. The highest BCUT2D eigenvalue weighted by Crippen LogP contribution is 2.15. The highest BCUT2D eigenvalue weighted by molar-refractivity contribution is 5.80. The van der Waals surface area contributed by atoms with Crippen LogP contribution in [0.25, 0.3) is 17.0 Å². The van der Waals surface area contributed by atoms with Gasteiger partial charge in [-0.15, -0.1) is 0 Å². The summed E-state index contributed by atoms with van der Waals surface area (Å²) in [7, 11) is 0. The summed E-state index contributed by atoms with van der Waals surface area (Å²) >= 11 is 0. The van der Waals surface area contributed by atoms with E-state index in [4.69, 9.17) is 0 Å². The Morgan fingerprint density at radius 2 is 2.25 bits per heavy atom. The van der Waals surface area contributed by atoms with Gasteiger partial charge in [-0.3, -0.25) is 15.1 Å². The van der Waals surface area contributed by atoms with E-state index in [2.05, 4.69) is 4.98 Å². The zero-order valence-corrected chi connectivity index (χ0v) is 8.75. The van der Waals surface area contributed by atoms with Gasteiger partial charge in [0.15, 0.2) is 0 Å². The Bertz CT molecular complexity index is 576. The summed E-state index contributed by atoms with van der Waals surface area (Å²) in [5, 5.41) is 11.5. The van der Waals surface area contributed by atoms with Crippen LogP contribution in [0.5, 0.6) is 0 Å². The third-order valence-electron chi connectivity index (χ3n) is 2.29. The lowest BCUT2D eigenvalue weighted by atomic mass is 10.1. The molecule has 2 rings (SSSR count). The molecule has 0 fully saturated rings. The van der Waals surface area contributed by atoms with E-state index in [1.165, 1.54) is 13.0 Å². The quantitative estimate of drug-likeness (QED) is 0.570. The number of aromatic nitrogens is 1. The topological polar surface area (TPSA) is 56.0 Å². The molecule has 0 spiro atoms. The van der Waals surface area contributed by atoms with Gasteiger partial charge in [-0.25, -0.2) is 0 Å². The minimum Gasteiger partial charge on any atom is -0.259 e. The van der Waals surface area contributed by atoms with Crippen molar-refractivity contribution in [2.45, 2.75) is 6.92 Å². The van der Waals surface area contributed by atoms with Crippen LogP contribution in [0.15, 0.2) is 42.2 Å². The lowest BCUT2D eigenvalue weighted by Crippen LogP contribution is -1.92. The molecule has 0 saturated carbocycles. The van der Waals surface area contributed by atoms with Crippen LogP contribution in [0.3, 0.4) is 0 Å². The van der Waals surface area contributed by atoms with E-state index < -0.39 is 4.92 Å². The van der Waals surface area contributed by atoms with Crippen LogP contribution in [0.2, 0.25) is 0 Å². The van der Waals surface area contributed by atoms with Crippen LogP contribution >= 0.6 is 0 Å². The predicted molar refractivity (Wildman–Crippen MR) is 62.4 cm³/mol. The second-order valence-electron chi connectivity index (χ2n) is 3.50. The van der Waals surface area contributed by atoms with Crippen molar-refractivity contribution in [3.8, 4) is 0 Å². The molecule has 2 aromatic rings. The number of benzene rings is 1. The van der Waals surface area contributed by atoms with E-state index in [0.29, 0.717) is 0 Å². The number of fused-ring (bicyclic) bond motifs is 1. The molecule has 80 valence electrons. The van der Waals surface area contributed by atoms with E-state index in [-0.39, 0.29) is 5.70 Å². The smallest absolute Gasteiger partial charge is 0.243 e. The Morgan fingerprint density at radius 1 is 1.44 bits per heavy atom. The van der Waals surface area contributed by atoms with E-state index in [0.717, 1.165) is 16.5 Å². The zero-order valence-electron chi connectivity index (χ0n) is 8.75. The fraction of sp³-hybridized carbons (Fsp3) is 0.0833. The molecule has 0 bridgehead atoms. The van der Waals surface area contributed by atoms with Crippen LogP contribution in [0, 0.1) is 10.1 Å². The van der Waals surface area contributed by atoms with Gasteiger partial charge in [0.2, 0.25) is 5.70 Å². The fourth-order valence-electron chi connectivity index (χ4n) is 1.47. The first kappa shape index (κ1) is 10.3. The number of pyridine rings is 1. The lowest BCUT2D eigenvalue weighted by molar-refractivity contribution is -0.422. The second kappa shape index (κ2) is 4.10. The van der Waals surface area contributed by atoms with Crippen molar-refractivity contribution in [3.63, 3.8) is 0 Å². The third kappa shape index (κ3) is 2.06. The molecule has 4 nitrogen and oxygen atoms in total. The number of hydrogen-bond donors (Lipinski definition) is 0. The van der Waals surface area contributed by atoms with Gasteiger partial charge in [-0.2, -0.15) is 0 Å². The number of nitro groups is 1. The van der Waals surface area contributed by atoms with Crippen LogP contribution < -0.4 is 0 Å². The Labute approximate surface area is 92.4 Å². The molecule has 0 aliphatic carbocycles. The maximum atomic E-state index is 10.5. The van der Waals surface area contributed by atoms with E-state index in [1.807, 2.05) is 30.3 Å². The monoisotopic (exact) mass is 214 g/mol. The van der Waals surface area contributed by atoms with Gasteiger partial charge in [0.25, 0.3) is 0 Å². The first-order valence-corrected chi connectivity index (χ1v) is 4.84. The van der Waals surface area contributed by atoms with Gasteiger partial charge >= 0.3 is 0 Å². The minimum atomic E-state index is -0.400. The second-order valence-corrected chi connectivity index (χ2v) is 3.50. The molecular weight excluding hydrogens is 204 g/mol. The highest BCUT2D eigenvalue weighted by Gasteiger charge is 2.02. The molecule has 0 N–H and O–H groups in total. The van der Waals surface area contributed by atoms with Crippen molar-refractivity contribution >= 4 is 17.0 Å². The average Bonchev–Trinajstić information content (AvgIpc) is 2.28. The highest BCUT2D eigenvalue weighted by atomic mass is 16.6. The first-order valence-electron chi connectivity index (χ1n) is 4.84. The normalized spacial score (nSPS) is 11.7. The van der Waals surface area contributed by atoms with Crippen molar-refractivity contribution in [1.82, 2.24) is 4.98 Å². The molecule has 0 aliphatic rings. The van der Waals surface area contributed by atoms with Crippen molar-refractivity contribution in [2.75, 3.05) is 0 Å². The van der Waals surface area contributed by atoms with Crippen LogP contribution in [0.4, 0.5) is 0 Å². The Hall–Kier alpha value is -2.23. The van der Waals surface area contributed by atoms with E-state index in [9.17, 15) is 10.1 Å². The van der Waals surface area contributed by atoms with Gasteiger partial charge in [0.1, 0.15) is 0 Å². The number of nitrogens with zero attached hydrogens (tertiary/aromatic N) is 2. The van der Waals surface area contributed by atoms with Crippen LogP contribution in [-0.2, 0) is 0 Å². The first-order chi connectivity index (χ1) is 7.66. The summed E-state index contributed by atoms with van der Waals surface area (Å²) in [5.41, 5.74) is 1.75. The van der Waals surface area contributed by atoms with Gasteiger partial charge < -0.3 is 0 Å². The maximum Gasteiger partial charge on any atom is 0.243 e. The van der Waals surface area contributed by atoms with Gasteiger partial charge in [-0.05, 0) is 17.7 Å². The Morgan fingerprint density at radius 3 is 3.00 bits per heavy atom. The van der Waals surface area contributed by atoms with Crippen LogP contribution in [0.1, 0.15) is 12.5 Å². The Kier molecular flexibility index (Phi) is 2.64. The molecule has 0 aliphatic heterocycles. The standard InChI is InChI=1S/C12H10N2O2/c1-9(14(15)16)7-10-4-5-11-3-2-6-13-12(11)8-10/h2-8H,1H3. The van der Waals surface area contributed by atoms with E-state index >= 15 is 0 Å². The van der Waals surface area contributed by atoms with Crippen molar-refractivity contribution in [1.29, 1.82) is 0 Å². The van der Waals surface area contributed by atoms with Crippen molar-refractivity contribution in [2.24, 2.45) is 0 Å². The molecular formula is C12H10N2O2. The summed E-state index contributed by atoms with van der Waals surface area (Å²) in [6, 6.07) is 9.40. The van der Waals surface area contributed by atoms with E-state index in [1.54, 1.807) is 6.20 Å². The molecule has 1 heterocycles. The van der Waals surface area contributed by atoms with Gasteiger partial charge in [0, 0.05) is 24.6 Å². The summed E-state index contributed by atoms with van der Waals surface area (Å²) in [5.74, 6) is 0. The SMILES string of the molecule is CC(=Cc1ccc2cccnc2c1)[N+](=O)[O-]. The summed E-state index contributed by atoms with van der Waals surface area (Å²) < 4.78 is 0. The summed E-state index contributed by atoms with van der Waals surface area (Å²) in [4.78, 5) is 14.3. The molecule has 1 aromatic carbocycles. The largest absolute Gasteiger partial charge is 0.259 e. The summed E-state index contributed by atoms with van der Waals surface area (Å²) in [6.45, 7) is 1.47. The lowest BCUT2D eigenvalue weighted by Gasteiger charge is -1.98. The van der Waals surface area contributed by atoms with Crippen LogP contribution in [-0.4, -0.2) is 9.91 Å². The van der Waals surface area contributed by atoms with Gasteiger partial charge in [0.05, 0.1) is 10.4 Å². The third-order valence-corrected chi connectivity index (χ3v) is 2.29. The maximum absolute atomic E-state index is 10.5. The average molecular weight is 214 g/mol. The molecule has 0 unspecified atom stereocenters. The summed E-state index contributed by atoms with van der Waals surface area (Å²) in [6.07, 6.45) is 3.24. The van der Waals surface area contributed by atoms with Crippen molar-refractivity contribution < 1.29 is 4.92 Å². The molecule has 0 atom stereocenters. The molecule has 1 aromatic heterocycles. The predicted octanol–water partition coefficient (Wildman–Crippen LogP) is 2.87.